The molecule has 2 rings (SSSR count). The third kappa shape index (κ3) is 4.92. The van der Waals surface area contributed by atoms with Gasteiger partial charge in [-0.15, -0.1) is 0 Å². The average Bonchev–Trinajstić information content (AvgIpc) is 2.78. The van der Waals surface area contributed by atoms with Crippen LogP contribution >= 0.6 is 0 Å². The molecule has 0 N–H and O–H groups in total. The van der Waals surface area contributed by atoms with E-state index in [-0.39, 0.29) is 14.8 Å². The van der Waals surface area contributed by atoms with Gasteiger partial charge in [-0.1, -0.05) is 0 Å². The van der Waals surface area contributed by atoms with Crippen LogP contribution in [0.5, 0.6) is 5.75 Å². The fraction of sp³-hybridized carbons (Fsp3) is 0.333. The molecule has 19 heavy (non-hydrogen) atoms. The molecule has 1 aromatic rings. The molecule has 0 saturated carbocycles. The smallest absolute Gasteiger partial charge is 1.00 e. The molecule has 0 amide bonds. The van der Waals surface area contributed by atoms with E-state index in [1.807, 2.05) is 0 Å². The van der Waals surface area contributed by atoms with Crippen molar-refractivity contribution in [1.82, 2.24) is 0 Å². The summed E-state index contributed by atoms with van der Waals surface area (Å²) < 4.78 is 7.53. The second-order valence-corrected chi connectivity index (χ2v) is 6.91. The standard InChI is InChI=1S/C10H14O.C5H5.2FH.Ti/c1-10(2,3)8-6-4-5-7-9(8)11;1-2-4-5-3-1;;;/h4-7,11H,1-3H3;1-3H,4H2;2*1H;/q;;;;+3/p-3. The van der Waals surface area contributed by atoms with Crippen molar-refractivity contribution in [3.05, 3.63) is 51.9 Å². The average molecular weight is 300 g/mol. The Morgan fingerprint density at radius 3 is 2.37 bits per heavy atom. The molecule has 4 heteroatoms. The zero-order valence-corrected chi connectivity index (χ0v) is 13.0. The number of halogens is 2. The van der Waals surface area contributed by atoms with Crippen molar-refractivity contribution in [3.63, 3.8) is 0 Å². The minimum absolute atomic E-state index is 0. The first-order chi connectivity index (χ1) is 8.07. The van der Waals surface area contributed by atoms with Gasteiger partial charge in [0.2, 0.25) is 0 Å². The summed E-state index contributed by atoms with van der Waals surface area (Å²) in [5, 5.41) is 0. The van der Waals surface area contributed by atoms with E-state index in [2.05, 4.69) is 63.3 Å². The van der Waals surface area contributed by atoms with Crippen molar-refractivity contribution in [2.75, 3.05) is 0 Å². The first kappa shape index (κ1) is 18.1. The summed E-state index contributed by atoms with van der Waals surface area (Å²) in [6, 6.07) is 8.40. The fourth-order valence-electron chi connectivity index (χ4n) is 1.82. The topological polar surface area (TPSA) is 9.23 Å². The minimum Gasteiger partial charge on any atom is -1.00 e. The summed E-state index contributed by atoms with van der Waals surface area (Å²) in [6.45, 7) is 6.68. The largest absolute Gasteiger partial charge is 1.00 e. The van der Waals surface area contributed by atoms with Crippen LogP contribution in [0.1, 0.15) is 32.8 Å². The molecule has 102 valence electrons. The van der Waals surface area contributed by atoms with Gasteiger partial charge >= 0.3 is 113 Å². The molecule has 0 heterocycles. The van der Waals surface area contributed by atoms with Gasteiger partial charge in [-0.2, -0.15) is 0 Å². The maximum atomic E-state index is 6.06. The number of hydrogen-bond donors (Lipinski definition) is 0. The molecule has 0 aliphatic heterocycles. The second kappa shape index (κ2) is 7.61. The Balaban J connectivity index is 0.00000162. The molecule has 0 saturated heterocycles. The third-order valence-electron chi connectivity index (χ3n) is 2.76. The molecular weight excluding hydrogens is 282 g/mol. The van der Waals surface area contributed by atoms with E-state index in [0.717, 1.165) is 12.2 Å². The summed E-state index contributed by atoms with van der Waals surface area (Å²) in [5.41, 5.74) is 1.45. The van der Waals surface area contributed by atoms with Crippen molar-refractivity contribution in [2.45, 2.75) is 32.6 Å². The van der Waals surface area contributed by atoms with Gasteiger partial charge in [-0.25, -0.2) is 0 Å². The zero-order valence-electron chi connectivity index (χ0n) is 11.4. The van der Waals surface area contributed by atoms with Crippen LogP contribution < -0.4 is 12.7 Å². The second-order valence-electron chi connectivity index (χ2n) is 5.27. The number of benzene rings is 1. The van der Waals surface area contributed by atoms with Crippen LogP contribution in [0.15, 0.2) is 46.4 Å². The maximum absolute atomic E-state index is 6.06. The van der Waals surface area contributed by atoms with E-state index < -0.39 is 19.5 Å². The molecule has 1 aliphatic rings. The summed E-state index contributed by atoms with van der Waals surface area (Å²) in [7, 11) is 0. The van der Waals surface area contributed by atoms with Crippen LogP contribution in [-0.2, 0) is 25.0 Å². The van der Waals surface area contributed by atoms with Gasteiger partial charge in [0.1, 0.15) is 0 Å². The maximum Gasteiger partial charge on any atom is -1.00 e. The van der Waals surface area contributed by atoms with Crippen LogP contribution in [0.2, 0.25) is 0 Å². The molecular formula is C15H18F2OTi. The predicted molar refractivity (Wildman–Crippen MR) is 67.6 cm³/mol. The number of rotatable bonds is 3. The first-order valence-corrected chi connectivity index (χ1v) is 7.37. The first-order valence-electron chi connectivity index (χ1n) is 5.95. The molecule has 0 unspecified atom stereocenters. The Bertz CT molecular complexity index is 461. The Morgan fingerprint density at radius 2 is 1.79 bits per heavy atom. The molecule has 1 nitrogen and oxygen atoms in total. The Morgan fingerprint density at radius 1 is 1.11 bits per heavy atom. The van der Waals surface area contributed by atoms with Gasteiger partial charge in [-0.05, 0) is 0 Å². The Kier molecular flexibility index (Phi) is 7.24. The molecule has 1 aliphatic carbocycles. The van der Waals surface area contributed by atoms with E-state index >= 15 is 0 Å². The van der Waals surface area contributed by atoms with Crippen LogP contribution in [0.4, 0.5) is 0 Å². The van der Waals surface area contributed by atoms with E-state index in [1.54, 1.807) is 0 Å². The van der Waals surface area contributed by atoms with Gasteiger partial charge in [0.05, 0.1) is 0 Å². The van der Waals surface area contributed by atoms with Crippen molar-refractivity contribution >= 4 is 0 Å². The minimum atomic E-state index is -0.463. The van der Waals surface area contributed by atoms with Gasteiger partial charge in [-0.3, -0.25) is 0 Å². The Labute approximate surface area is 122 Å². The summed E-state index contributed by atoms with van der Waals surface area (Å²) in [4.78, 5) is 0. The molecule has 0 aromatic heterocycles. The van der Waals surface area contributed by atoms with E-state index in [1.165, 1.54) is 9.44 Å². The van der Waals surface area contributed by atoms with Gasteiger partial charge < -0.3 is 9.41 Å². The van der Waals surface area contributed by atoms with E-state index in [4.69, 9.17) is 3.32 Å². The zero-order chi connectivity index (χ0) is 12.3. The van der Waals surface area contributed by atoms with Gasteiger partial charge in [0, 0.05) is 0 Å². The molecule has 0 bridgehead atoms. The predicted octanol–water partition coefficient (Wildman–Crippen LogP) is -1.79. The fourth-order valence-corrected chi connectivity index (χ4v) is 3.04. The van der Waals surface area contributed by atoms with Crippen LogP contribution in [0.25, 0.3) is 0 Å². The van der Waals surface area contributed by atoms with E-state index in [9.17, 15) is 0 Å². The number of hydrogen-bond acceptors (Lipinski definition) is 1. The molecule has 1 aromatic carbocycles. The van der Waals surface area contributed by atoms with Crippen molar-refractivity contribution in [3.8, 4) is 5.75 Å². The molecule has 0 radical (unpaired) electrons. The van der Waals surface area contributed by atoms with Crippen LogP contribution in [-0.4, -0.2) is 0 Å². The van der Waals surface area contributed by atoms with Crippen LogP contribution in [0, 0.1) is 0 Å². The Hall–Kier alpha value is -0.926. The summed E-state index contributed by atoms with van der Waals surface area (Å²) in [6.07, 6.45) is 7.59. The van der Waals surface area contributed by atoms with Crippen molar-refractivity contribution in [1.29, 1.82) is 0 Å². The SMILES string of the molecule is CC(C)(C)c1ccccc1[O][Ti+2][C]1=CC=CC1.[F-].[F-]. The van der Waals surface area contributed by atoms with Gasteiger partial charge in [0.25, 0.3) is 0 Å². The normalized spacial score (nSPS) is 12.9. The summed E-state index contributed by atoms with van der Waals surface area (Å²) in [5.74, 6) is 1.06. The van der Waals surface area contributed by atoms with Crippen molar-refractivity contribution < 1.29 is 32.3 Å². The monoisotopic (exact) mass is 300 g/mol. The van der Waals surface area contributed by atoms with Gasteiger partial charge in [0.15, 0.2) is 0 Å². The quantitative estimate of drug-likeness (QED) is 0.599. The molecule has 0 spiro atoms. The van der Waals surface area contributed by atoms with Crippen molar-refractivity contribution in [2.24, 2.45) is 0 Å². The molecule has 0 atom stereocenters. The number of allylic oxidation sites excluding steroid dienone is 4. The number of para-hydroxylation sites is 1. The van der Waals surface area contributed by atoms with E-state index in [0.29, 0.717) is 0 Å². The van der Waals surface area contributed by atoms with Crippen LogP contribution in [0.3, 0.4) is 0 Å². The summed E-state index contributed by atoms with van der Waals surface area (Å²) >= 11 is -0.463. The third-order valence-corrected chi connectivity index (χ3v) is 4.25. The molecule has 0 fully saturated rings.